The van der Waals surface area contributed by atoms with Crippen molar-refractivity contribution in [2.45, 2.75) is 40.0 Å². The van der Waals surface area contributed by atoms with Gasteiger partial charge in [0.25, 0.3) is 0 Å². The van der Waals surface area contributed by atoms with E-state index in [-0.39, 0.29) is 0 Å². The minimum Gasteiger partial charge on any atom is -0.0847 e. The predicted molar refractivity (Wildman–Crippen MR) is 55.3 cm³/mol. The van der Waals surface area contributed by atoms with Crippen molar-refractivity contribution in [3.05, 3.63) is 22.8 Å². The van der Waals surface area contributed by atoms with E-state index in [1.54, 1.807) is 0 Å². The lowest BCUT2D eigenvalue weighted by molar-refractivity contribution is 0.404. The minimum absolute atomic E-state index is 0.389. The van der Waals surface area contributed by atoms with Crippen LogP contribution in [0.4, 0.5) is 0 Å². The summed E-state index contributed by atoms with van der Waals surface area (Å²) >= 11 is 5.92. The smallest absolute Gasteiger partial charge is 0.0365 e. The first kappa shape index (κ1) is 9.85. The van der Waals surface area contributed by atoms with Crippen molar-refractivity contribution in [2.75, 3.05) is 0 Å². The molecule has 0 saturated heterocycles. The molecule has 0 nitrogen and oxygen atoms in total. The summed E-state index contributed by atoms with van der Waals surface area (Å²) in [4.78, 5) is 0. The minimum atomic E-state index is 0.389. The van der Waals surface area contributed by atoms with Crippen LogP contribution in [-0.2, 0) is 0 Å². The quantitative estimate of drug-likeness (QED) is 0.571. The fourth-order valence-corrected chi connectivity index (χ4v) is 1.81. The van der Waals surface area contributed by atoms with E-state index in [4.69, 9.17) is 11.6 Å². The van der Waals surface area contributed by atoms with E-state index in [0.717, 1.165) is 17.9 Å². The molecule has 1 heteroatoms. The molecule has 0 N–H and O–H groups in total. The molecule has 12 heavy (non-hydrogen) atoms. The number of hydrogen-bond donors (Lipinski definition) is 0. The highest BCUT2D eigenvalue weighted by Gasteiger charge is 2.14. The summed E-state index contributed by atoms with van der Waals surface area (Å²) < 4.78 is 0. The second-order valence-corrected chi connectivity index (χ2v) is 5.10. The van der Waals surface area contributed by atoms with Crippen LogP contribution in [0.3, 0.4) is 0 Å². The molecular formula is C11H17Cl. The molecule has 0 aromatic heterocycles. The summed E-state index contributed by atoms with van der Waals surface area (Å²) in [5, 5.41) is 0.917. The maximum atomic E-state index is 5.92. The van der Waals surface area contributed by atoms with Crippen LogP contribution in [0.1, 0.15) is 40.0 Å². The van der Waals surface area contributed by atoms with Crippen molar-refractivity contribution < 1.29 is 0 Å². The molecule has 0 bridgehead atoms. The molecule has 0 amide bonds. The highest BCUT2D eigenvalue weighted by atomic mass is 35.5. The molecule has 0 aliphatic heterocycles. The first-order valence-corrected chi connectivity index (χ1v) is 4.90. The van der Waals surface area contributed by atoms with Gasteiger partial charge in [-0.2, -0.15) is 0 Å². The highest BCUT2D eigenvalue weighted by Crippen LogP contribution is 2.30. The van der Waals surface area contributed by atoms with E-state index in [9.17, 15) is 0 Å². The normalized spacial score (nSPS) is 18.7. The van der Waals surface area contributed by atoms with Crippen LogP contribution in [0.15, 0.2) is 22.8 Å². The van der Waals surface area contributed by atoms with E-state index in [2.05, 4.69) is 32.9 Å². The van der Waals surface area contributed by atoms with Crippen LogP contribution < -0.4 is 0 Å². The summed E-state index contributed by atoms with van der Waals surface area (Å²) in [5.74, 6) is 0. The third-order valence-corrected chi connectivity index (χ3v) is 2.17. The molecule has 1 aliphatic rings. The first-order chi connectivity index (χ1) is 5.47. The van der Waals surface area contributed by atoms with Crippen LogP contribution in [0.25, 0.3) is 0 Å². The molecule has 0 spiro atoms. The zero-order valence-corrected chi connectivity index (χ0v) is 8.91. The van der Waals surface area contributed by atoms with Crippen LogP contribution in [0.5, 0.6) is 0 Å². The summed E-state index contributed by atoms with van der Waals surface area (Å²) in [6, 6.07) is 0. The lowest BCUT2D eigenvalue weighted by atomic mass is 9.85. The van der Waals surface area contributed by atoms with E-state index in [1.807, 2.05) is 0 Å². The van der Waals surface area contributed by atoms with E-state index < -0.39 is 0 Å². The Morgan fingerprint density at radius 3 is 2.58 bits per heavy atom. The number of halogens is 1. The van der Waals surface area contributed by atoms with Crippen LogP contribution in [0, 0.1) is 5.41 Å². The van der Waals surface area contributed by atoms with Gasteiger partial charge in [0.2, 0.25) is 0 Å². The van der Waals surface area contributed by atoms with Crippen molar-refractivity contribution in [1.29, 1.82) is 0 Å². The molecule has 0 heterocycles. The summed E-state index contributed by atoms with van der Waals surface area (Å²) in [6.07, 6.45) is 7.68. The van der Waals surface area contributed by atoms with Crippen molar-refractivity contribution in [3.8, 4) is 0 Å². The van der Waals surface area contributed by atoms with Crippen LogP contribution in [-0.4, -0.2) is 0 Å². The second-order valence-electron chi connectivity index (χ2n) is 4.67. The molecule has 0 unspecified atom stereocenters. The summed E-state index contributed by atoms with van der Waals surface area (Å²) in [7, 11) is 0. The molecular weight excluding hydrogens is 168 g/mol. The fourth-order valence-electron chi connectivity index (χ4n) is 1.54. The van der Waals surface area contributed by atoms with Gasteiger partial charge in [0.15, 0.2) is 0 Å². The monoisotopic (exact) mass is 184 g/mol. The summed E-state index contributed by atoms with van der Waals surface area (Å²) in [6.45, 7) is 6.79. The lowest BCUT2D eigenvalue weighted by Crippen LogP contribution is -2.07. The Kier molecular flexibility index (Phi) is 3.00. The Balaban J connectivity index is 2.59. The maximum Gasteiger partial charge on any atom is 0.0365 e. The third kappa shape index (κ3) is 3.44. The standard InChI is InChI=1S/C11H17Cl/c1-11(2,3)8-9-5-4-6-10(12)7-9/h6-7H,4-5,8H2,1-3H3. The van der Waals surface area contributed by atoms with Crippen LogP contribution in [0.2, 0.25) is 0 Å². The molecule has 0 aromatic rings. The van der Waals surface area contributed by atoms with Gasteiger partial charge >= 0.3 is 0 Å². The van der Waals surface area contributed by atoms with Gasteiger partial charge in [-0.1, -0.05) is 44.0 Å². The van der Waals surface area contributed by atoms with Gasteiger partial charge in [-0.15, -0.1) is 0 Å². The van der Waals surface area contributed by atoms with Gasteiger partial charge in [-0.25, -0.2) is 0 Å². The number of hydrogen-bond acceptors (Lipinski definition) is 0. The molecule has 68 valence electrons. The van der Waals surface area contributed by atoms with Gasteiger partial charge in [0.1, 0.15) is 0 Å². The third-order valence-electron chi connectivity index (χ3n) is 1.90. The number of allylic oxidation sites excluding steroid dienone is 4. The van der Waals surface area contributed by atoms with Gasteiger partial charge < -0.3 is 0 Å². The van der Waals surface area contributed by atoms with Gasteiger partial charge in [-0.3, -0.25) is 0 Å². The fraction of sp³-hybridized carbons (Fsp3) is 0.636. The van der Waals surface area contributed by atoms with Gasteiger partial charge in [0.05, 0.1) is 0 Å². The maximum absolute atomic E-state index is 5.92. The van der Waals surface area contributed by atoms with Gasteiger partial charge in [-0.05, 0) is 30.8 Å². The average Bonchev–Trinajstić information content (AvgIpc) is 1.82. The zero-order chi connectivity index (χ0) is 9.19. The van der Waals surface area contributed by atoms with Gasteiger partial charge in [0, 0.05) is 5.03 Å². The Labute approximate surface area is 80.3 Å². The first-order valence-electron chi connectivity index (χ1n) is 4.52. The molecule has 0 atom stereocenters. The summed E-state index contributed by atoms with van der Waals surface area (Å²) in [5.41, 5.74) is 1.88. The molecule has 1 rings (SSSR count). The molecule has 0 radical (unpaired) electrons. The Hall–Kier alpha value is -0.230. The Bertz CT molecular complexity index is 216. The zero-order valence-electron chi connectivity index (χ0n) is 8.15. The topological polar surface area (TPSA) is 0 Å². The molecule has 1 aliphatic carbocycles. The largest absolute Gasteiger partial charge is 0.0847 e. The highest BCUT2D eigenvalue weighted by molar-refractivity contribution is 6.31. The Morgan fingerprint density at radius 2 is 2.08 bits per heavy atom. The van der Waals surface area contributed by atoms with E-state index >= 15 is 0 Å². The predicted octanol–water partition coefficient (Wildman–Crippen LogP) is 4.27. The van der Waals surface area contributed by atoms with Crippen molar-refractivity contribution in [3.63, 3.8) is 0 Å². The van der Waals surface area contributed by atoms with Crippen molar-refractivity contribution in [2.24, 2.45) is 5.41 Å². The average molecular weight is 185 g/mol. The van der Waals surface area contributed by atoms with Crippen LogP contribution >= 0.6 is 11.6 Å². The SMILES string of the molecule is CC(C)(C)CC1=CC(Cl)=CCC1. The molecule has 0 fully saturated rings. The second kappa shape index (κ2) is 3.66. The van der Waals surface area contributed by atoms with E-state index in [0.29, 0.717) is 5.41 Å². The lowest BCUT2D eigenvalue weighted by Gasteiger charge is -2.21. The van der Waals surface area contributed by atoms with Crippen molar-refractivity contribution >= 4 is 11.6 Å². The van der Waals surface area contributed by atoms with Crippen molar-refractivity contribution in [1.82, 2.24) is 0 Å². The van der Waals surface area contributed by atoms with E-state index in [1.165, 1.54) is 12.0 Å². The number of rotatable bonds is 1. The molecule has 0 saturated carbocycles. The molecule has 0 aromatic carbocycles. The Morgan fingerprint density at radius 1 is 1.42 bits per heavy atom.